The Morgan fingerprint density at radius 1 is 0.889 bits per heavy atom. The third kappa shape index (κ3) is 4.46. The summed E-state index contributed by atoms with van der Waals surface area (Å²) in [5.74, 6) is 0. The standard InChI is InChI=1S/C22H28ClN3O/c23-20-7-5-18(6-8-20)16-25-11-9-24(10-12-25)13-14-26-21(17-27)15-19-3-1-2-4-22(19)26/h1-8,21,27H,9-17H2/t21-/m0/s1. The van der Waals surface area contributed by atoms with Gasteiger partial charge in [0.25, 0.3) is 0 Å². The highest BCUT2D eigenvalue weighted by atomic mass is 35.5. The van der Waals surface area contributed by atoms with E-state index in [4.69, 9.17) is 11.6 Å². The van der Waals surface area contributed by atoms with Gasteiger partial charge in [0.1, 0.15) is 0 Å². The average molecular weight is 386 g/mol. The first-order valence-corrected chi connectivity index (χ1v) is 10.3. The van der Waals surface area contributed by atoms with Crippen molar-refractivity contribution in [1.29, 1.82) is 0 Å². The van der Waals surface area contributed by atoms with Crippen molar-refractivity contribution < 1.29 is 5.11 Å². The highest BCUT2D eigenvalue weighted by molar-refractivity contribution is 6.30. The van der Waals surface area contributed by atoms with E-state index in [-0.39, 0.29) is 12.6 Å². The van der Waals surface area contributed by atoms with Gasteiger partial charge in [0.2, 0.25) is 0 Å². The molecule has 0 spiro atoms. The van der Waals surface area contributed by atoms with Gasteiger partial charge in [0, 0.05) is 56.5 Å². The zero-order valence-corrected chi connectivity index (χ0v) is 16.5. The summed E-state index contributed by atoms with van der Waals surface area (Å²) in [4.78, 5) is 7.46. The molecule has 2 aliphatic heterocycles. The second-order valence-corrected chi connectivity index (χ2v) is 8.04. The Morgan fingerprint density at radius 2 is 1.59 bits per heavy atom. The maximum Gasteiger partial charge on any atom is 0.0638 e. The SMILES string of the molecule is OC[C@@H]1Cc2ccccc2N1CCN1CCN(Cc2ccc(Cl)cc2)CC1. The molecule has 4 nitrogen and oxygen atoms in total. The Bertz CT molecular complexity index is 743. The van der Waals surface area contributed by atoms with Gasteiger partial charge in [-0.3, -0.25) is 9.80 Å². The molecule has 2 aromatic carbocycles. The molecular weight excluding hydrogens is 358 g/mol. The number of piperazine rings is 1. The molecule has 144 valence electrons. The van der Waals surface area contributed by atoms with Crippen LogP contribution in [0.25, 0.3) is 0 Å². The fourth-order valence-electron chi connectivity index (χ4n) is 4.26. The highest BCUT2D eigenvalue weighted by Gasteiger charge is 2.28. The van der Waals surface area contributed by atoms with Gasteiger partial charge in [0.15, 0.2) is 0 Å². The number of hydrogen-bond acceptors (Lipinski definition) is 4. The molecule has 0 aliphatic carbocycles. The molecule has 0 bridgehead atoms. The van der Waals surface area contributed by atoms with Gasteiger partial charge in [-0.15, -0.1) is 0 Å². The van der Waals surface area contributed by atoms with Crippen LogP contribution in [0.1, 0.15) is 11.1 Å². The largest absolute Gasteiger partial charge is 0.394 e. The van der Waals surface area contributed by atoms with Crippen molar-refractivity contribution in [3.05, 3.63) is 64.7 Å². The molecule has 0 radical (unpaired) electrons. The highest BCUT2D eigenvalue weighted by Crippen LogP contribution is 2.31. The topological polar surface area (TPSA) is 30.0 Å². The van der Waals surface area contributed by atoms with Crippen molar-refractivity contribution in [2.45, 2.75) is 19.0 Å². The molecule has 2 heterocycles. The molecule has 4 rings (SSSR count). The molecule has 1 N–H and O–H groups in total. The molecule has 1 saturated heterocycles. The van der Waals surface area contributed by atoms with Crippen LogP contribution in [-0.2, 0) is 13.0 Å². The van der Waals surface area contributed by atoms with Crippen molar-refractivity contribution in [2.75, 3.05) is 50.8 Å². The summed E-state index contributed by atoms with van der Waals surface area (Å²) in [6, 6.07) is 17.0. The van der Waals surface area contributed by atoms with Gasteiger partial charge < -0.3 is 10.0 Å². The Balaban J connectivity index is 1.26. The van der Waals surface area contributed by atoms with Crippen LogP contribution in [0, 0.1) is 0 Å². The van der Waals surface area contributed by atoms with Crippen molar-refractivity contribution in [3.63, 3.8) is 0 Å². The summed E-state index contributed by atoms with van der Waals surface area (Å²) >= 11 is 5.97. The van der Waals surface area contributed by atoms with E-state index in [1.807, 2.05) is 12.1 Å². The minimum atomic E-state index is 0.226. The number of anilines is 1. The third-order valence-corrected chi connectivity index (χ3v) is 6.10. The minimum Gasteiger partial charge on any atom is -0.394 e. The van der Waals surface area contributed by atoms with Crippen LogP contribution in [-0.4, -0.2) is 66.8 Å². The first-order chi connectivity index (χ1) is 13.2. The Kier molecular flexibility index (Phi) is 5.98. The zero-order valence-electron chi connectivity index (χ0n) is 15.7. The lowest BCUT2D eigenvalue weighted by Gasteiger charge is -2.36. The summed E-state index contributed by atoms with van der Waals surface area (Å²) in [5, 5.41) is 10.6. The Morgan fingerprint density at radius 3 is 2.33 bits per heavy atom. The predicted molar refractivity (Wildman–Crippen MR) is 112 cm³/mol. The van der Waals surface area contributed by atoms with E-state index in [1.54, 1.807) is 0 Å². The monoisotopic (exact) mass is 385 g/mol. The van der Waals surface area contributed by atoms with Gasteiger partial charge in [-0.1, -0.05) is 41.9 Å². The van der Waals surface area contributed by atoms with E-state index in [0.29, 0.717) is 0 Å². The van der Waals surface area contributed by atoms with Crippen LogP contribution in [0.15, 0.2) is 48.5 Å². The molecule has 5 heteroatoms. The fraction of sp³-hybridized carbons (Fsp3) is 0.455. The van der Waals surface area contributed by atoms with Crippen LogP contribution < -0.4 is 4.90 Å². The lowest BCUT2D eigenvalue weighted by molar-refractivity contribution is 0.128. The van der Waals surface area contributed by atoms with Crippen molar-refractivity contribution in [1.82, 2.24) is 9.80 Å². The summed E-state index contributed by atoms with van der Waals surface area (Å²) in [6.07, 6.45) is 0.960. The number of hydrogen-bond donors (Lipinski definition) is 1. The zero-order chi connectivity index (χ0) is 18.6. The number of benzene rings is 2. The van der Waals surface area contributed by atoms with Crippen LogP contribution in [0.2, 0.25) is 5.02 Å². The predicted octanol–water partition coefficient (Wildman–Crippen LogP) is 2.88. The number of rotatable bonds is 6. The second-order valence-electron chi connectivity index (χ2n) is 7.61. The molecule has 0 saturated carbocycles. The molecule has 27 heavy (non-hydrogen) atoms. The minimum absolute atomic E-state index is 0.226. The number of nitrogens with zero attached hydrogens (tertiary/aromatic N) is 3. The lowest BCUT2D eigenvalue weighted by atomic mass is 10.1. The van der Waals surface area contributed by atoms with E-state index in [2.05, 4.69) is 51.1 Å². The third-order valence-electron chi connectivity index (χ3n) is 5.85. The van der Waals surface area contributed by atoms with Crippen molar-refractivity contribution in [3.8, 4) is 0 Å². The fourth-order valence-corrected chi connectivity index (χ4v) is 4.38. The van der Waals surface area contributed by atoms with Crippen molar-refractivity contribution in [2.24, 2.45) is 0 Å². The Hall–Kier alpha value is -1.59. The van der Waals surface area contributed by atoms with E-state index in [9.17, 15) is 5.11 Å². The van der Waals surface area contributed by atoms with Gasteiger partial charge in [-0.2, -0.15) is 0 Å². The summed E-state index contributed by atoms with van der Waals surface area (Å²) in [7, 11) is 0. The van der Waals surface area contributed by atoms with E-state index in [1.165, 1.54) is 16.8 Å². The number of para-hydroxylation sites is 1. The van der Waals surface area contributed by atoms with Gasteiger partial charge in [0.05, 0.1) is 12.6 Å². The molecule has 0 amide bonds. The second kappa shape index (κ2) is 8.61. The van der Waals surface area contributed by atoms with Gasteiger partial charge in [-0.05, 0) is 35.7 Å². The maximum atomic E-state index is 9.77. The van der Waals surface area contributed by atoms with Crippen molar-refractivity contribution >= 4 is 17.3 Å². The molecule has 0 aromatic heterocycles. The van der Waals surface area contributed by atoms with E-state index < -0.39 is 0 Å². The summed E-state index contributed by atoms with van der Waals surface area (Å²) in [5.41, 5.74) is 3.99. The number of aliphatic hydroxyl groups is 1. The molecule has 2 aliphatic rings. The van der Waals surface area contributed by atoms with E-state index >= 15 is 0 Å². The number of aliphatic hydroxyl groups excluding tert-OH is 1. The smallest absolute Gasteiger partial charge is 0.0638 e. The average Bonchev–Trinajstić information content (AvgIpc) is 3.07. The summed E-state index contributed by atoms with van der Waals surface area (Å²) < 4.78 is 0. The van der Waals surface area contributed by atoms with Crippen LogP contribution in [0.3, 0.4) is 0 Å². The normalized spacial score (nSPS) is 20.8. The maximum absolute atomic E-state index is 9.77. The molecule has 1 atom stereocenters. The molecule has 0 unspecified atom stereocenters. The lowest BCUT2D eigenvalue weighted by Crippen LogP contribution is -2.49. The number of fused-ring (bicyclic) bond motifs is 1. The van der Waals surface area contributed by atoms with Crippen LogP contribution >= 0.6 is 11.6 Å². The van der Waals surface area contributed by atoms with Crippen LogP contribution in [0.5, 0.6) is 0 Å². The van der Waals surface area contributed by atoms with E-state index in [0.717, 1.165) is 57.3 Å². The quantitative estimate of drug-likeness (QED) is 0.828. The number of halogens is 1. The van der Waals surface area contributed by atoms with Gasteiger partial charge in [-0.25, -0.2) is 0 Å². The molecule has 1 fully saturated rings. The van der Waals surface area contributed by atoms with Gasteiger partial charge >= 0.3 is 0 Å². The summed E-state index contributed by atoms with van der Waals surface area (Å²) in [6.45, 7) is 7.67. The molecular formula is C22H28ClN3O. The first kappa shape index (κ1) is 18.8. The first-order valence-electron chi connectivity index (χ1n) is 9.87. The Labute approximate surface area is 167 Å². The molecule has 2 aromatic rings. The van der Waals surface area contributed by atoms with Crippen LogP contribution in [0.4, 0.5) is 5.69 Å².